The number of nitrogens with one attached hydrogen (secondary N) is 2. The number of carbonyl (C=O) groups is 1. The second-order valence-electron chi connectivity index (χ2n) is 5.53. The summed E-state index contributed by atoms with van der Waals surface area (Å²) in [5.41, 5.74) is 2.70. The van der Waals surface area contributed by atoms with Crippen molar-refractivity contribution in [2.24, 2.45) is 0 Å². The van der Waals surface area contributed by atoms with Crippen LogP contribution in [0.5, 0.6) is 0 Å². The lowest BCUT2D eigenvalue weighted by Gasteiger charge is -2.11. The van der Waals surface area contributed by atoms with Crippen molar-refractivity contribution in [3.05, 3.63) is 52.5 Å². The van der Waals surface area contributed by atoms with Crippen LogP contribution in [0.25, 0.3) is 0 Å². The summed E-state index contributed by atoms with van der Waals surface area (Å²) < 4.78 is 27.4. The van der Waals surface area contributed by atoms with Crippen LogP contribution in [-0.4, -0.2) is 14.3 Å². The summed E-state index contributed by atoms with van der Waals surface area (Å²) in [6.45, 7) is 3.58. The summed E-state index contributed by atoms with van der Waals surface area (Å²) in [6.07, 6.45) is 0. The Morgan fingerprint density at radius 2 is 1.91 bits per heavy atom. The van der Waals surface area contributed by atoms with Crippen molar-refractivity contribution in [2.75, 3.05) is 10.0 Å². The number of hydrogen-bond acceptors (Lipinski definition) is 3. The molecule has 23 heavy (non-hydrogen) atoms. The molecule has 1 unspecified atom stereocenters. The maximum atomic E-state index is 12.5. The van der Waals surface area contributed by atoms with Crippen LogP contribution < -0.4 is 10.0 Å². The van der Waals surface area contributed by atoms with E-state index in [0.717, 1.165) is 11.1 Å². The van der Waals surface area contributed by atoms with Crippen molar-refractivity contribution in [3.63, 3.8) is 0 Å². The molecule has 2 aromatic carbocycles. The van der Waals surface area contributed by atoms with Crippen molar-refractivity contribution in [2.45, 2.75) is 24.7 Å². The third-order valence-electron chi connectivity index (χ3n) is 3.88. The van der Waals surface area contributed by atoms with E-state index in [-0.39, 0.29) is 16.7 Å². The second kappa shape index (κ2) is 5.54. The predicted molar refractivity (Wildman–Crippen MR) is 90.5 cm³/mol. The Hall–Kier alpha value is -2.05. The Bertz CT molecular complexity index is 910. The number of rotatable bonds is 3. The molecule has 2 aromatic rings. The maximum absolute atomic E-state index is 12.5. The molecule has 3 rings (SSSR count). The van der Waals surface area contributed by atoms with Gasteiger partial charge in [-0.3, -0.25) is 9.52 Å². The van der Waals surface area contributed by atoms with Gasteiger partial charge in [-0.1, -0.05) is 17.7 Å². The number of anilines is 2. The maximum Gasteiger partial charge on any atom is 0.261 e. The topological polar surface area (TPSA) is 75.3 Å². The minimum Gasteiger partial charge on any atom is -0.325 e. The normalized spacial score (nSPS) is 16.8. The fourth-order valence-corrected chi connectivity index (χ4v) is 3.76. The average molecular weight is 351 g/mol. The van der Waals surface area contributed by atoms with Gasteiger partial charge in [0.2, 0.25) is 5.91 Å². The molecule has 7 heteroatoms. The van der Waals surface area contributed by atoms with Gasteiger partial charge in [0.1, 0.15) is 0 Å². The first-order chi connectivity index (χ1) is 10.8. The second-order valence-corrected chi connectivity index (χ2v) is 7.62. The molecule has 1 atom stereocenters. The van der Waals surface area contributed by atoms with Gasteiger partial charge in [-0.05, 0) is 55.3 Å². The van der Waals surface area contributed by atoms with E-state index in [1.807, 2.05) is 0 Å². The highest BCUT2D eigenvalue weighted by Crippen LogP contribution is 2.34. The van der Waals surface area contributed by atoms with E-state index < -0.39 is 10.0 Å². The third-order valence-corrected chi connectivity index (χ3v) is 5.66. The van der Waals surface area contributed by atoms with Gasteiger partial charge in [-0.15, -0.1) is 0 Å². The predicted octanol–water partition coefficient (Wildman–Crippen LogP) is 3.50. The monoisotopic (exact) mass is 350 g/mol. The van der Waals surface area contributed by atoms with Crippen LogP contribution >= 0.6 is 11.6 Å². The Morgan fingerprint density at radius 3 is 2.61 bits per heavy atom. The molecule has 120 valence electrons. The van der Waals surface area contributed by atoms with Crippen molar-refractivity contribution in [1.82, 2.24) is 0 Å². The Labute approximate surface area is 139 Å². The van der Waals surface area contributed by atoms with Crippen molar-refractivity contribution >= 4 is 38.9 Å². The third kappa shape index (κ3) is 2.92. The molecular weight excluding hydrogens is 336 g/mol. The van der Waals surface area contributed by atoms with Crippen LogP contribution in [0.2, 0.25) is 5.02 Å². The van der Waals surface area contributed by atoms with Crippen LogP contribution in [0.15, 0.2) is 41.3 Å². The Kier molecular flexibility index (Phi) is 3.82. The molecule has 1 heterocycles. The van der Waals surface area contributed by atoms with Gasteiger partial charge in [0.15, 0.2) is 0 Å². The molecule has 0 aliphatic carbocycles. The van der Waals surface area contributed by atoms with E-state index >= 15 is 0 Å². The fourth-order valence-electron chi connectivity index (χ4n) is 2.44. The molecular formula is C16H15ClN2O3S. The van der Waals surface area contributed by atoms with Gasteiger partial charge in [0.05, 0.1) is 10.8 Å². The number of fused-ring (bicyclic) bond motifs is 1. The number of halogens is 1. The molecule has 0 spiro atoms. The van der Waals surface area contributed by atoms with Crippen molar-refractivity contribution in [1.29, 1.82) is 0 Å². The van der Waals surface area contributed by atoms with Gasteiger partial charge >= 0.3 is 0 Å². The molecule has 1 amide bonds. The van der Waals surface area contributed by atoms with Gasteiger partial charge in [0.25, 0.3) is 10.0 Å². The molecule has 0 saturated heterocycles. The number of amides is 1. The molecule has 0 bridgehead atoms. The number of benzene rings is 2. The summed E-state index contributed by atoms with van der Waals surface area (Å²) in [5.74, 6) is -0.395. The van der Waals surface area contributed by atoms with E-state index in [1.54, 1.807) is 38.1 Å². The molecule has 1 aliphatic heterocycles. The van der Waals surface area contributed by atoms with E-state index in [4.69, 9.17) is 11.6 Å². The fraction of sp³-hybridized carbons (Fsp3) is 0.188. The highest BCUT2D eigenvalue weighted by molar-refractivity contribution is 7.92. The first-order valence-corrected chi connectivity index (χ1v) is 8.88. The zero-order valence-corrected chi connectivity index (χ0v) is 14.1. The lowest BCUT2D eigenvalue weighted by atomic mass is 10.0. The number of aryl methyl sites for hydroxylation is 1. The molecule has 0 aromatic heterocycles. The Balaban J connectivity index is 1.92. The average Bonchev–Trinajstić information content (AvgIpc) is 2.77. The minimum absolute atomic E-state index is 0.0923. The lowest BCUT2D eigenvalue weighted by molar-refractivity contribution is -0.116. The first-order valence-electron chi connectivity index (χ1n) is 7.02. The van der Waals surface area contributed by atoms with E-state index in [0.29, 0.717) is 16.4 Å². The molecule has 1 aliphatic rings. The largest absolute Gasteiger partial charge is 0.325 e. The molecule has 5 nitrogen and oxygen atoms in total. The van der Waals surface area contributed by atoms with Crippen LogP contribution in [0.4, 0.5) is 11.4 Å². The summed E-state index contributed by atoms with van der Waals surface area (Å²) in [5, 5.41) is 3.14. The zero-order chi connectivity index (χ0) is 16.8. The molecule has 0 saturated carbocycles. The van der Waals surface area contributed by atoms with Crippen LogP contribution in [0.1, 0.15) is 24.0 Å². The SMILES string of the molecule is Cc1ccc(S(=O)(=O)Nc2ccc3c(c2)C(C)C(=O)N3)cc1Cl. The number of sulfonamides is 1. The van der Waals surface area contributed by atoms with Crippen LogP contribution in [0.3, 0.4) is 0 Å². The quantitative estimate of drug-likeness (QED) is 0.889. The Morgan fingerprint density at radius 1 is 1.17 bits per heavy atom. The zero-order valence-electron chi connectivity index (χ0n) is 12.6. The standard InChI is InChI=1S/C16H15ClN2O3S/c1-9-3-5-12(8-14(9)17)23(21,22)19-11-4-6-15-13(7-11)10(2)16(20)18-15/h3-8,10,19H,1-2H3,(H,18,20). The summed E-state index contributed by atoms with van der Waals surface area (Å²) in [4.78, 5) is 11.7. The highest BCUT2D eigenvalue weighted by Gasteiger charge is 2.27. The van der Waals surface area contributed by atoms with Gasteiger partial charge in [-0.25, -0.2) is 8.42 Å². The molecule has 0 fully saturated rings. The number of hydrogen-bond donors (Lipinski definition) is 2. The van der Waals surface area contributed by atoms with Crippen molar-refractivity contribution < 1.29 is 13.2 Å². The summed E-state index contributed by atoms with van der Waals surface area (Å²) in [6, 6.07) is 9.56. The number of carbonyl (C=O) groups excluding carboxylic acids is 1. The van der Waals surface area contributed by atoms with Gasteiger partial charge in [-0.2, -0.15) is 0 Å². The minimum atomic E-state index is -3.74. The van der Waals surface area contributed by atoms with Crippen LogP contribution in [-0.2, 0) is 14.8 Å². The molecule has 0 radical (unpaired) electrons. The van der Waals surface area contributed by atoms with Crippen molar-refractivity contribution in [3.8, 4) is 0 Å². The lowest BCUT2D eigenvalue weighted by Crippen LogP contribution is -2.13. The smallest absolute Gasteiger partial charge is 0.261 e. The summed E-state index contributed by atoms with van der Waals surface area (Å²) in [7, 11) is -3.74. The first kappa shape index (κ1) is 15.8. The molecule has 2 N–H and O–H groups in total. The summed E-state index contributed by atoms with van der Waals surface area (Å²) >= 11 is 6.00. The van der Waals surface area contributed by atoms with E-state index in [9.17, 15) is 13.2 Å². The van der Waals surface area contributed by atoms with Crippen LogP contribution in [0, 0.1) is 6.92 Å². The van der Waals surface area contributed by atoms with Gasteiger partial charge < -0.3 is 5.32 Å². The van der Waals surface area contributed by atoms with E-state index in [2.05, 4.69) is 10.0 Å². The van der Waals surface area contributed by atoms with Gasteiger partial charge in [0, 0.05) is 16.4 Å². The highest BCUT2D eigenvalue weighted by atomic mass is 35.5. The van der Waals surface area contributed by atoms with E-state index in [1.165, 1.54) is 12.1 Å².